The first-order valence-electron chi connectivity index (χ1n) is 4.84. The number of hydrogen-bond acceptors (Lipinski definition) is 5. The molecule has 1 aromatic carbocycles. The number of methoxy groups -OCH3 is 2. The van der Waals surface area contributed by atoms with Crippen molar-refractivity contribution in [1.82, 2.24) is 0 Å². The standard InChI is InChI=1S/C11H17NO3S/c1-14-9-4-7(8(12)6-13)11(16-3)5-10(9)15-2/h4-5,8,13H,6,12H2,1-3H3. The summed E-state index contributed by atoms with van der Waals surface area (Å²) >= 11 is 1.56. The molecule has 1 unspecified atom stereocenters. The van der Waals surface area contributed by atoms with Crippen LogP contribution >= 0.6 is 11.8 Å². The molecule has 0 aromatic heterocycles. The molecule has 0 saturated heterocycles. The maximum Gasteiger partial charge on any atom is 0.161 e. The second kappa shape index (κ2) is 5.98. The van der Waals surface area contributed by atoms with Crippen LogP contribution in [-0.4, -0.2) is 32.2 Å². The van der Waals surface area contributed by atoms with E-state index < -0.39 is 6.04 Å². The molecule has 0 heterocycles. The minimum Gasteiger partial charge on any atom is -0.493 e. The van der Waals surface area contributed by atoms with Gasteiger partial charge in [0.15, 0.2) is 11.5 Å². The van der Waals surface area contributed by atoms with E-state index in [1.54, 1.807) is 26.0 Å². The van der Waals surface area contributed by atoms with E-state index in [0.717, 1.165) is 10.5 Å². The summed E-state index contributed by atoms with van der Waals surface area (Å²) in [5.41, 5.74) is 6.69. The fraction of sp³-hybridized carbons (Fsp3) is 0.455. The third-order valence-corrected chi connectivity index (χ3v) is 3.13. The average molecular weight is 243 g/mol. The Morgan fingerprint density at radius 1 is 1.31 bits per heavy atom. The topological polar surface area (TPSA) is 64.7 Å². The highest BCUT2D eigenvalue weighted by Gasteiger charge is 2.15. The van der Waals surface area contributed by atoms with Gasteiger partial charge in [0, 0.05) is 4.90 Å². The van der Waals surface area contributed by atoms with Crippen molar-refractivity contribution in [2.45, 2.75) is 10.9 Å². The van der Waals surface area contributed by atoms with Crippen LogP contribution in [0.3, 0.4) is 0 Å². The lowest BCUT2D eigenvalue weighted by Gasteiger charge is -2.16. The van der Waals surface area contributed by atoms with Gasteiger partial charge >= 0.3 is 0 Å². The van der Waals surface area contributed by atoms with E-state index in [4.69, 9.17) is 20.3 Å². The van der Waals surface area contributed by atoms with Crippen molar-refractivity contribution in [3.05, 3.63) is 17.7 Å². The molecule has 4 nitrogen and oxygen atoms in total. The third kappa shape index (κ3) is 2.61. The zero-order valence-corrected chi connectivity index (χ0v) is 10.5. The Hall–Kier alpha value is -0.910. The summed E-state index contributed by atoms with van der Waals surface area (Å²) in [5.74, 6) is 1.29. The number of benzene rings is 1. The molecule has 0 spiro atoms. The minimum atomic E-state index is -0.401. The Bertz CT molecular complexity index is 357. The molecule has 0 fully saturated rings. The van der Waals surface area contributed by atoms with Crippen LogP contribution in [0.2, 0.25) is 0 Å². The molecule has 0 aliphatic rings. The van der Waals surface area contributed by atoms with E-state index in [-0.39, 0.29) is 6.61 Å². The summed E-state index contributed by atoms with van der Waals surface area (Å²) in [6, 6.07) is 3.28. The highest BCUT2D eigenvalue weighted by atomic mass is 32.2. The Labute approximate surface area is 99.7 Å². The molecule has 1 rings (SSSR count). The van der Waals surface area contributed by atoms with Crippen molar-refractivity contribution < 1.29 is 14.6 Å². The molecule has 16 heavy (non-hydrogen) atoms. The van der Waals surface area contributed by atoms with Gasteiger partial charge in [-0.05, 0) is 24.0 Å². The lowest BCUT2D eigenvalue weighted by atomic mass is 10.1. The van der Waals surface area contributed by atoms with Gasteiger partial charge in [-0.25, -0.2) is 0 Å². The smallest absolute Gasteiger partial charge is 0.161 e. The molecule has 0 bridgehead atoms. The monoisotopic (exact) mass is 243 g/mol. The molecule has 0 radical (unpaired) electrons. The molecule has 5 heteroatoms. The summed E-state index contributed by atoms with van der Waals surface area (Å²) in [7, 11) is 3.17. The fourth-order valence-electron chi connectivity index (χ4n) is 1.44. The van der Waals surface area contributed by atoms with E-state index >= 15 is 0 Å². The Morgan fingerprint density at radius 2 is 1.88 bits per heavy atom. The molecular formula is C11H17NO3S. The molecule has 3 N–H and O–H groups in total. The summed E-state index contributed by atoms with van der Waals surface area (Å²) < 4.78 is 10.4. The maximum atomic E-state index is 9.09. The van der Waals surface area contributed by atoms with Crippen LogP contribution in [0, 0.1) is 0 Å². The predicted octanol–water partition coefficient (Wildman–Crippen LogP) is 1.42. The molecule has 90 valence electrons. The van der Waals surface area contributed by atoms with Crippen LogP contribution in [0.5, 0.6) is 11.5 Å². The Morgan fingerprint density at radius 3 is 2.31 bits per heavy atom. The van der Waals surface area contributed by atoms with Crippen LogP contribution in [-0.2, 0) is 0 Å². The molecule has 0 aliphatic carbocycles. The van der Waals surface area contributed by atoms with E-state index in [2.05, 4.69) is 0 Å². The quantitative estimate of drug-likeness (QED) is 0.766. The molecule has 1 atom stereocenters. The van der Waals surface area contributed by atoms with Gasteiger partial charge in [0.2, 0.25) is 0 Å². The number of thioether (sulfide) groups is 1. The van der Waals surface area contributed by atoms with Gasteiger partial charge < -0.3 is 20.3 Å². The van der Waals surface area contributed by atoms with Crippen molar-refractivity contribution in [3.63, 3.8) is 0 Å². The summed E-state index contributed by atoms with van der Waals surface area (Å²) in [4.78, 5) is 0.985. The molecule has 0 aliphatic heterocycles. The van der Waals surface area contributed by atoms with E-state index in [1.807, 2.05) is 18.4 Å². The largest absolute Gasteiger partial charge is 0.493 e. The Balaban J connectivity index is 3.25. The van der Waals surface area contributed by atoms with Gasteiger partial charge in [-0.1, -0.05) is 0 Å². The van der Waals surface area contributed by atoms with Crippen molar-refractivity contribution in [3.8, 4) is 11.5 Å². The first-order valence-corrected chi connectivity index (χ1v) is 6.06. The SMILES string of the molecule is COc1cc(SC)c(C(N)CO)cc1OC. The van der Waals surface area contributed by atoms with E-state index in [1.165, 1.54) is 0 Å². The summed E-state index contributed by atoms with van der Waals surface area (Å²) in [6.07, 6.45) is 1.95. The molecular weight excluding hydrogens is 226 g/mol. The molecule has 1 aromatic rings. The van der Waals surface area contributed by atoms with Gasteiger partial charge in [-0.15, -0.1) is 11.8 Å². The van der Waals surface area contributed by atoms with E-state index in [9.17, 15) is 0 Å². The van der Waals surface area contributed by atoms with Gasteiger partial charge in [-0.3, -0.25) is 0 Å². The van der Waals surface area contributed by atoms with Crippen molar-refractivity contribution in [2.75, 3.05) is 27.1 Å². The number of hydrogen-bond donors (Lipinski definition) is 2. The Kier molecular flexibility index (Phi) is 4.92. The molecule has 0 saturated carbocycles. The zero-order valence-electron chi connectivity index (χ0n) is 9.69. The lowest BCUT2D eigenvalue weighted by molar-refractivity contribution is 0.266. The van der Waals surface area contributed by atoms with Crippen LogP contribution in [0.1, 0.15) is 11.6 Å². The van der Waals surface area contributed by atoms with Crippen LogP contribution in [0.4, 0.5) is 0 Å². The number of aliphatic hydroxyl groups is 1. The first kappa shape index (κ1) is 13.2. The predicted molar refractivity (Wildman–Crippen MR) is 65.3 cm³/mol. The third-order valence-electron chi connectivity index (χ3n) is 2.33. The number of nitrogens with two attached hydrogens (primary N) is 1. The highest BCUT2D eigenvalue weighted by molar-refractivity contribution is 7.98. The minimum absolute atomic E-state index is 0.0942. The summed E-state index contributed by atoms with van der Waals surface area (Å²) in [5, 5.41) is 9.09. The first-order chi connectivity index (χ1) is 7.67. The van der Waals surface area contributed by atoms with Crippen molar-refractivity contribution >= 4 is 11.8 Å². The van der Waals surface area contributed by atoms with Gasteiger partial charge in [0.1, 0.15) is 0 Å². The number of aliphatic hydroxyl groups excluding tert-OH is 1. The fourth-order valence-corrected chi connectivity index (χ4v) is 2.11. The van der Waals surface area contributed by atoms with Gasteiger partial charge in [0.25, 0.3) is 0 Å². The van der Waals surface area contributed by atoms with Crippen LogP contribution in [0.25, 0.3) is 0 Å². The number of rotatable bonds is 5. The van der Waals surface area contributed by atoms with Gasteiger partial charge in [-0.2, -0.15) is 0 Å². The molecule has 0 amide bonds. The number of ether oxygens (including phenoxy) is 2. The van der Waals surface area contributed by atoms with Crippen molar-refractivity contribution in [1.29, 1.82) is 0 Å². The normalized spacial score (nSPS) is 12.3. The van der Waals surface area contributed by atoms with E-state index in [0.29, 0.717) is 11.5 Å². The van der Waals surface area contributed by atoms with Crippen LogP contribution < -0.4 is 15.2 Å². The van der Waals surface area contributed by atoms with Crippen molar-refractivity contribution in [2.24, 2.45) is 5.73 Å². The second-order valence-electron chi connectivity index (χ2n) is 3.24. The van der Waals surface area contributed by atoms with Gasteiger partial charge in [0.05, 0.1) is 26.9 Å². The second-order valence-corrected chi connectivity index (χ2v) is 4.09. The highest BCUT2D eigenvalue weighted by Crippen LogP contribution is 2.36. The summed E-state index contributed by atoms with van der Waals surface area (Å²) in [6.45, 7) is -0.0942. The zero-order chi connectivity index (χ0) is 12.1. The average Bonchev–Trinajstić information content (AvgIpc) is 2.35. The van der Waals surface area contributed by atoms with Crippen LogP contribution in [0.15, 0.2) is 17.0 Å². The lowest BCUT2D eigenvalue weighted by Crippen LogP contribution is -2.15. The maximum absolute atomic E-state index is 9.09.